The zero-order valence-corrected chi connectivity index (χ0v) is 14.6. The first-order chi connectivity index (χ1) is 11.9. The van der Waals surface area contributed by atoms with Gasteiger partial charge in [-0.05, 0) is 23.6 Å². The van der Waals surface area contributed by atoms with E-state index in [2.05, 4.69) is 38.3 Å². The molecule has 1 fully saturated rings. The predicted octanol–water partition coefficient (Wildman–Crippen LogP) is 3.50. The number of nitrogens with zero attached hydrogens (tertiary/aromatic N) is 3. The van der Waals surface area contributed by atoms with Crippen molar-refractivity contribution in [2.75, 3.05) is 25.6 Å². The molecule has 1 aliphatic rings. The fourth-order valence-electron chi connectivity index (χ4n) is 2.54. The van der Waals surface area contributed by atoms with Crippen LogP contribution in [0.1, 0.15) is 0 Å². The molecular formula is C17H17N3O2S2. The van der Waals surface area contributed by atoms with Crippen molar-refractivity contribution in [3.63, 3.8) is 0 Å². The lowest BCUT2D eigenvalue weighted by Crippen LogP contribution is -2.30. The topological polar surface area (TPSA) is 49.2 Å². The first kappa shape index (κ1) is 15.8. The van der Waals surface area contributed by atoms with Crippen LogP contribution in [0.5, 0.6) is 0 Å². The molecule has 124 valence electrons. The maximum Gasteiger partial charge on any atom is 0.196 e. The zero-order valence-electron chi connectivity index (χ0n) is 13.0. The molecule has 1 aromatic carbocycles. The summed E-state index contributed by atoms with van der Waals surface area (Å²) in [5.41, 5.74) is 1.06. The highest BCUT2D eigenvalue weighted by Gasteiger charge is 2.20. The second kappa shape index (κ2) is 7.48. The number of aromatic nitrogens is 3. The van der Waals surface area contributed by atoms with E-state index in [1.54, 1.807) is 23.1 Å². The molecular weight excluding hydrogens is 342 g/mol. The summed E-state index contributed by atoms with van der Waals surface area (Å²) in [6.45, 7) is 1.99. The van der Waals surface area contributed by atoms with Crippen LogP contribution in [0, 0.1) is 0 Å². The van der Waals surface area contributed by atoms with Crippen molar-refractivity contribution >= 4 is 23.1 Å². The number of rotatable bonds is 5. The first-order valence-corrected chi connectivity index (χ1v) is 9.65. The van der Waals surface area contributed by atoms with E-state index in [0.29, 0.717) is 19.8 Å². The summed E-state index contributed by atoms with van der Waals surface area (Å²) >= 11 is 3.32. The van der Waals surface area contributed by atoms with Crippen molar-refractivity contribution in [2.45, 2.75) is 11.3 Å². The minimum atomic E-state index is 0.106. The molecule has 1 atom stereocenters. The van der Waals surface area contributed by atoms with Crippen LogP contribution in [-0.2, 0) is 9.47 Å². The van der Waals surface area contributed by atoms with Crippen molar-refractivity contribution in [1.29, 1.82) is 0 Å². The van der Waals surface area contributed by atoms with Crippen molar-refractivity contribution < 1.29 is 9.47 Å². The Morgan fingerprint density at radius 1 is 1.12 bits per heavy atom. The highest BCUT2D eigenvalue weighted by molar-refractivity contribution is 7.99. The molecule has 0 saturated carbocycles. The van der Waals surface area contributed by atoms with Crippen LogP contribution in [0.15, 0.2) is 53.0 Å². The van der Waals surface area contributed by atoms with Crippen LogP contribution >= 0.6 is 23.1 Å². The van der Waals surface area contributed by atoms with E-state index >= 15 is 0 Å². The van der Waals surface area contributed by atoms with Crippen molar-refractivity contribution in [2.24, 2.45) is 0 Å². The third kappa shape index (κ3) is 3.39. The van der Waals surface area contributed by atoms with Gasteiger partial charge >= 0.3 is 0 Å². The largest absolute Gasteiger partial charge is 0.376 e. The summed E-state index contributed by atoms with van der Waals surface area (Å²) in [5.74, 6) is 1.68. The summed E-state index contributed by atoms with van der Waals surface area (Å²) in [7, 11) is 0. The second-order valence-corrected chi connectivity index (χ2v) is 7.27. The highest BCUT2D eigenvalue weighted by Crippen LogP contribution is 2.30. The fourth-order valence-corrected chi connectivity index (χ4v) is 4.18. The van der Waals surface area contributed by atoms with Crippen LogP contribution < -0.4 is 0 Å². The number of thioether (sulfide) groups is 1. The minimum Gasteiger partial charge on any atom is -0.376 e. The number of hydrogen-bond donors (Lipinski definition) is 0. The van der Waals surface area contributed by atoms with E-state index in [1.165, 1.54) is 0 Å². The molecule has 0 amide bonds. The summed E-state index contributed by atoms with van der Waals surface area (Å²) < 4.78 is 13.3. The number of benzene rings is 1. The number of para-hydroxylation sites is 1. The Balaban J connectivity index is 1.64. The number of hydrogen-bond acceptors (Lipinski definition) is 6. The van der Waals surface area contributed by atoms with Gasteiger partial charge in [0, 0.05) is 11.4 Å². The minimum absolute atomic E-state index is 0.106. The molecule has 7 heteroatoms. The van der Waals surface area contributed by atoms with Gasteiger partial charge < -0.3 is 9.47 Å². The predicted molar refractivity (Wildman–Crippen MR) is 96.0 cm³/mol. The molecule has 4 rings (SSSR count). The molecule has 24 heavy (non-hydrogen) atoms. The van der Waals surface area contributed by atoms with Gasteiger partial charge in [-0.15, -0.1) is 21.5 Å². The smallest absolute Gasteiger partial charge is 0.196 e. The molecule has 0 spiro atoms. The van der Waals surface area contributed by atoms with Gasteiger partial charge in [0.25, 0.3) is 0 Å². The van der Waals surface area contributed by atoms with Gasteiger partial charge in [0.05, 0.1) is 30.8 Å². The lowest BCUT2D eigenvalue weighted by Gasteiger charge is -2.22. The SMILES string of the molecule is c1ccc(-n2c(SC[C@@H]3COCCO3)nnc2-c2cccs2)cc1. The number of thiophene rings is 1. The Kier molecular flexibility index (Phi) is 4.94. The molecule has 1 aliphatic heterocycles. The first-order valence-electron chi connectivity index (χ1n) is 7.78. The maximum atomic E-state index is 5.72. The van der Waals surface area contributed by atoms with Gasteiger partial charge in [-0.3, -0.25) is 4.57 Å². The van der Waals surface area contributed by atoms with Gasteiger partial charge in [-0.2, -0.15) is 0 Å². The van der Waals surface area contributed by atoms with Crippen LogP contribution in [0.3, 0.4) is 0 Å². The molecule has 0 aliphatic carbocycles. The second-order valence-electron chi connectivity index (χ2n) is 5.33. The van der Waals surface area contributed by atoms with E-state index in [-0.39, 0.29) is 6.10 Å². The van der Waals surface area contributed by atoms with Crippen molar-refractivity contribution in [1.82, 2.24) is 14.8 Å². The lowest BCUT2D eigenvalue weighted by atomic mass is 10.3. The van der Waals surface area contributed by atoms with Crippen molar-refractivity contribution in [3.8, 4) is 16.4 Å². The third-order valence-corrected chi connectivity index (χ3v) is 5.60. The van der Waals surface area contributed by atoms with E-state index in [1.807, 2.05) is 24.3 Å². The van der Waals surface area contributed by atoms with Crippen LogP contribution in [-0.4, -0.2) is 46.4 Å². The van der Waals surface area contributed by atoms with Crippen LogP contribution in [0.2, 0.25) is 0 Å². The van der Waals surface area contributed by atoms with E-state index in [9.17, 15) is 0 Å². The average molecular weight is 359 g/mol. The average Bonchev–Trinajstić information content (AvgIpc) is 3.31. The van der Waals surface area contributed by atoms with Crippen molar-refractivity contribution in [3.05, 3.63) is 47.8 Å². The Morgan fingerprint density at radius 2 is 2.04 bits per heavy atom. The quantitative estimate of drug-likeness (QED) is 0.653. The Hall–Kier alpha value is -1.67. The Morgan fingerprint density at radius 3 is 2.79 bits per heavy atom. The Labute approximate surface area is 148 Å². The molecule has 3 heterocycles. The Bertz CT molecular complexity index is 769. The normalized spacial score (nSPS) is 17.9. The maximum absolute atomic E-state index is 5.72. The summed E-state index contributed by atoms with van der Waals surface area (Å²) in [4.78, 5) is 1.11. The summed E-state index contributed by atoms with van der Waals surface area (Å²) in [6, 6.07) is 14.3. The molecule has 0 N–H and O–H groups in total. The number of ether oxygens (including phenoxy) is 2. The molecule has 5 nitrogen and oxygen atoms in total. The van der Waals surface area contributed by atoms with Crippen LogP contribution in [0.25, 0.3) is 16.4 Å². The van der Waals surface area contributed by atoms with Gasteiger partial charge in [0.2, 0.25) is 0 Å². The fraction of sp³-hybridized carbons (Fsp3) is 0.294. The summed E-state index contributed by atoms with van der Waals surface area (Å²) in [6.07, 6.45) is 0.106. The molecule has 0 bridgehead atoms. The van der Waals surface area contributed by atoms with Gasteiger partial charge in [-0.25, -0.2) is 0 Å². The zero-order chi connectivity index (χ0) is 16.2. The van der Waals surface area contributed by atoms with Crippen LogP contribution in [0.4, 0.5) is 0 Å². The van der Waals surface area contributed by atoms with E-state index in [0.717, 1.165) is 27.3 Å². The summed E-state index contributed by atoms with van der Waals surface area (Å²) in [5, 5.41) is 11.8. The van der Waals surface area contributed by atoms with Gasteiger partial charge in [0.1, 0.15) is 0 Å². The monoisotopic (exact) mass is 359 g/mol. The molecule has 1 saturated heterocycles. The third-order valence-electron chi connectivity index (χ3n) is 3.67. The highest BCUT2D eigenvalue weighted by atomic mass is 32.2. The standard InChI is InChI=1S/C17H17N3O2S2/c1-2-5-13(6-3-1)20-16(15-7-4-10-23-15)18-19-17(20)24-12-14-11-21-8-9-22-14/h1-7,10,14H,8-9,11-12H2/t14-/m0/s1. The molecule has 3 aromatic rings. The molecule has 0 radical (unpaired) electrons. The van der Waals surface area contributed by atoms with Gasteiger partial charge in [-0.1, -0.05) is 36.0 Å². The molecule has 2 aromatic heterocycles. The van der Waals surface area contributed by atoms with E-state index in [4.69, 9.17) is 9.47 Å². The van der Waals surface area contributed by atoms with E-state index < -0.39 is 0 Å². The molecule has 0 unspecified atom stereocenters. The lowest BCUT2D eigenvalue weighted by molar-refractivity contribution is -0.0776. The van der Waals surface area contributed by atoms with Gasteiger partial charge in [0.15, 0.2) is 11.0 Å².